The Morgan fingerprint density at radius 1 is 1.27 bits per heavy atom. The summed E-state index contributed by atoms with van der Waals surface area (Å²) in [4.78, 5) is 19.6. The largest absolute Gasteiger partial charge is 0.494 e. The summed E-state index contributed by atoms with van der Waals surface area (Å²) in [6.45, 7) is 0. The number of ether oxygens (including phenoxy) is 1. The third-order valence-corrected chi connectivity index (χ3v) is 4.00. The number of carboxylic acid groups (broad SMARTS) is 1. The highest BCUT2D eigenvalue weighted by Gasteiger charge is 2.07. The zero-order valence-electron chi connectivity index (χ0n) is 11.7. The molecular formula is C16H12N2O3S. The van der Waals surface area contributed by atoms with Gasteiger partial charge in [-0.1, -0.05) is 29.5 Å². The van der Waals surface area contributed by atoms with Gasteiger partial charge in [0.1, 0.15) is 11.3 Å². The molecule has 1 aromatic heterocycles. The van der Waals surface area contributed by atoms with Crippen LogP contribution in [0.2, 0.25) is 0 Å². The number of para-hydroxylation sites is 1. The van der Waals surface area contributed by atoms with Gasteiger partial charge in [0.2, 0.25) is 5.13 Å². The lowest BCUT2D eigenvalue weighted by molar-refractivity contribution is 0.0697. The van der Waals surface area contributed by atoms with Crippen molar-refractivity contribution in [2.24, 2.45) is 4.99 Å². The van der Waals surface area contributed by atoms with Crippen molar-refractivity contribution in [2.75, 3.05) is 7.11 Å². The molecule has 0 bridgehead atoms. The molecule has 2 aromatic carbocycles. The molecule has 110 valence electrons. The molecule has 6 heteroatoms. The van der Waals surface area contributed by atoms with Crippen LogP contribution in [0.3, 0.4) is 0 Å². The number of benzene rings is 2. The second kappa shape index (κ2) is 5.95. The Bertz CT molecular complexity index is 853. The molecule has 3 rings (SSSR count). The summed E-state index contributed by atoms with van der Waals surface area (Å²) < 4.78 is 6.28. The van der Waals surface area contributed by atoms with Gasteiger partial charge in [0.15, 0.2) is 0 Å². The zero-order valence-corrected chi connectivity index (χ0v) is 12.5. The Labute approximate surface area is 130 Å². The third-order valence-electron chi connectivity index (χ3n) is 3.07. The molecule has 0 saturated heterocycles. The molecule has 0 aliphatic heterocycles. The average molecular weight is 312 g/mol. The fraction of sp³-hybridized carbons (Fsp3) is 0.0625. The fourth-order valence-corrected chi connectivity index (χ4v) is 2.80. The number of carbonyl (C=O) groups is 1. The number of hydrogen-bond acceptors (Lipinski definition) is 5. The van der Waals surface area contributed by atoms with Gasteiger partial charge < -0.3 is 9.84 Å². The van der Waals surface area contributed by atoms with Gasteiger partial charge in [-0.05, 0) is 29.8 Å². The predicted octanol–water partition coefficient (Wildman–Crippen LogP) is 3.75. The van der Waals surface area contributed by atoms with Gasteiger partial charge in [-0.3, -0.25) is 0 Å². The topological polar surface area (TPSA) is 71.8 Å². The van der Waals surface area contributed by atoms with Crippen LogP contribution in [0, 0.1) is 0 Å². The lowest BCUT2D eigenvalue weighted by Crippen LogP contribution is -1.95. The molecular weight excluding hydrogens is 300 g/mol. The molecule has 0 aliphatic rings. The van der Waals surface area contributed by atoms with Crippen molar-refractivity contribution in [1.82, 2.24) is 4.98 Å². The molecule has 0 atom stereocenters. The molecule has 5 nitrogen and oxygen atoms in total. The zero-order chi connectivity index (χ0) is 15.5. The van der Waals surface area contributed by atoms with Crippen molar-refractivity contribution in [2.45, 2.75) is 0 Å². The first kappa shape index (κ1) is 14.2. The second-order valence-electron chi connectivity index (χ2n) is 4.49. The van der Waals surface area contributed by atoms with Gasteiger partial charge in [0.25, 0.3) is 0 Å². The SMILES string of the molecule is COc1cccc2sc(N=Cc3ccc(C(=O)O)cc3)nc12. The smallest absolute Gasteiger partial charge is 0.335 e. The first-order valence-electron chi connectivity index (χ1n) is 6.48. The highest BCUT2D eigenvalue weighted by molar-refractivity contribution is 7.22. The van der Waals surface area contributed by atoms with Crippen LogP contribution in [0.5, 0.6) is 5.75 Å². The second-order valence-corrected chi connectivity index (χ2v) is 5.50. The van der Waals surface area contributed by atoms with Gasteiger partial charge in [0, 0.05) is 6.21 Å². The van der Waals surface area contributed by atoms with Gasteiger partial charge in [-0.25, -0.2) is 14.8 Å². The van der Waals surface area contributed by atoms with Gasteiger partial charge in [-0.2, -0.15) is 0 Å². The predicted molar refractivity (Wildman–Crippen MR) is 86.8 cm³/mol. The number of hydrogen-bond donors (Lipinski definition) is 1. The molecule has 3 aromatic rings. The van der Waals surface area contributed by atoms with Crippen LogP contribution in [-0.4, -0.2) is 29.4 Å². The van der Waals surface area contributed by atoms with Crippen molar-refractivity contribution in [3.05, 3.63) is 53.6 Å². The molecule has 22 heavy (non-hydrogen) atoms. The lowest BCUT2D eigenvalue weighted by Gasteiger charge is -1.97. The quantitative estimate of drug-likeness (QED) is 0.745. The number of carboxylic acids is 1. The van der Waals surface area contributed by atoms with Crippen molar-refractivity contribution in [1.29, 1.82) is 0 Å². The minimum Gasteiger partial charge on any atom is -0.494 e. The molecule has 1 heterocycles. The van der Waals surface area contributed by atoms with Crippen LogP contribution in [0.25, 0.3) is 10.2 Å². The summed E-state index contributed by atoms with van der Waals surface area (Å²) in [7, 11) is 1.61. The van der Waals surface area contributed by atoms with Gasteiger partial charge in [0.05, 0.1) is 17.4 Å². The van der Waals surface area contributed by atoms with Crippen LogP contribution in [0.1, 0.15) is 15.9 Å². The standard InChI is InChI=1S/C16H12N2O3S/c1-21-12-3-2-4-13-14(12)18-16(22-13)17-9-10-5-7-11(8-6-10)15(19)20/h2-9H,1H3,(H,19,20). The minimum atomic E-state index is -0.943. The van der Waals surface area contributed by atoms with Crippen molar-refractivity contribution in [3.63, 3.8) is 0 Å². The molecule has 0 spiro atoms. The van der Waals surface area contributed by atoms with Crippen molar-refractivity contribution in [3.8, 4) is 5.75 Å². The maximum atomic E-state index is 10.8. The van der Waals surface area contributed by atoms with E-state index in [9.17, 15) is 4.79 Å². The molecule has 0 unspecified atom stereocenters. The number of aromatic carboxylic acids is 1. The summed E-state index contributed by atoms with van der Waals surface area (Å²) in [5, 5.41) is 9.49. The van der Waals surface area contributed by atoms with E-state index in [4.69, 9.17) is 9.84 Å². The van der Waals surface area contributed by atoms with Gasteiger partial charge in [-0.15, -0.1) is 0 Å². The normalized spacial score (nSPS) is 11.1. The Kier molecular flexibility index (Phi) is 3.84. The van der Waals surface area contributed by atoms with Crippen LogP contribution in [-0.2, 0) is 0 Å². The number of nitrogens with zero attached hydrogens (tertiary/aromatic N) is 2. The van der Waals surface area contributed by atoms with E-state index < -0.39 is 5.97 Å². The summed E-state index contributed by atoms with van der Waals surface area (Å²) in [5.41, 5.74) is 1.86. The van der Waals surface area contributed by atoms with E-state index in [1.807, 2.05) is 18.2 Å². The van der Waals surface area contributed by atoms with Crippen LogP contribution >= 0.6 is 11.3 Å². The van der Waals surface area contributed by atoms with Crippen LogP contribution in [0.4, 0.5) is 5.13 Å². The van der Waals surface area contributed by atoms with E-state index in [0.29, 0.717) is 5.13 Å². The first-order valence-corrected chi connectivity index (χ1v) is 7.30. The maximum absolute atomic E-state index is 10.8. The summed E-state index contributed by atoms with van der Waals surface area (Å²) in [5.74, 6) is -0.220. The minimum absolute atomic E-state index is 0.252. The number of rotatable bonds is 4. The third kappa shape index (κ3) is 2.82. The highest BCUT2D eigenvalue weighted by atomic mass is 32.1. The van der Waals surface area contributed by atoms with Gasteiger partial charge >= 0.3 is 5.97 Å². The monoisotopic (exact) mass is 312 g/mol. The fourth-order valence-electron chi connectivity index (χ4n) is 1.97. The number of fused-ring (bicyclic) bond motifs is 1. The van der Waals surface area contributed by atoms with Crippen molar-refractivity contribution >= 4 is 38.9 Å². The van der Waals surface area contributed by atoms with Crippen LogP contribution < -0.4 is 4.74 Å². The molecule has 0 aliphatic carbocycles. The number of aliphatic imine (C=N–C) groups is 1. The molecule has 0 radical (unpaired) electrons. The highest BCUT2D eigenvalue weighted by Crippen LogP contribution is 2.33. The van der Waals surface area contributed by atoms with Crippen molar-refractivity contribution < 1.29 is 14.6 Å². The van der Waals surface area contributed by atoms with E-state index >= 15 is 0 Å². The van der Waals surface area contributed by atoms with E-state index in [-0.39, 0.29) is 5.56 Å². The van der Waals surface area contributed by atoms with E-state index in [1.54, 1.807) is 37.6 Å². The Morgan fingerprint density at radius 2 is 2.05 bits per heavy atom. The Balaban J connectivity index is 1.87. The summed E-state index contributed by atoms with van der Waals surface area (Å²) in [6.07, 6.45) is 1.66. The van der Waals surface area contributed by atoms with Crippen LogP contribution in [0.15, 0.2) is 47.5 Å². The molecule has 0 fully saturated rings. The summed E-state index contributed by atoms with van der Waals surface area (Å²) >= 11 is 1.47. The Morgan fingerprint density at radius 3 is 2.73 bits per heavy atom. The molecule has 0 amide bonds. The average Bonchev–Trinajstić information content (AvgIpc) is 2.96. The summed E-state index contributed by atoms with van der Waals surface area (Å²) in [6, 6.07) is 12.3. The maximum Gasteiger partial charge on any atom is 0.335 e. The lowest BCUT2D eigenvalue weighted by atomic mass is 10.1. The molecule has 0 saturated carbocycles. The van der Waals surface area contributed by atoms with E-state index in [0.717, 1.165) is 21.5 Å². The number of methoxy groups -OCH3 is 1. The number of thiazole rings is 1. The van der Waals surface area contributed by atoms with E-state index in [1.165, 1.54) is 11.3 Å². The number of aromatic nitrogens is 1. The van der Waals surface area contributed by atoms with E-state index in [2.05, 4.69) is 9.98 Å². The Hall–Kier alpha value is -2.73. The molecule has 1 N–H and O–H groups in total. The first-order chi connectivity index (χ1) is 10.7.